The summed E-state index contributed by atoms with van der Waals surface area (Å²) in [5.74, 6) is -0.240. The minimum Gasteiger partial charge on any atom is -0.379 e. The molecule has 0 aromatic carbocycles. The number of aromatic amines is 1. The molecule has 2 aromatic heterocycles. The Balaban J connectivity index is 1.19. The highest BCUT2D eigenvalue weighted by molar-refractivity contribution is 6.05. The Hall–Kier alpha value is -3.89. The number of carbonyl (C=O) groups is 2. The molecular formula is C28H33F6N7O4. The first-order valence-corrected chi connectivity index (χ1v) is 14.7. The molecule has 17 heteroatoms. The number of H-pyrrole nitrogens is 1. The van der Waals surface area contributed by atoms with Crippen LogP contribution >= 0.6 is 0 Å². The SMILES string of the molecule is C[C@@H](COCCC(=O)N1CCN2c3ncc(C(F)(F)F)cc3N(CC3CCCC3)C(=O)[C@H]2C1)Nc1cn[nH]c(=O)c1C(F)(F)F. The van der Waals surface area contributed by atoms with Gasteiger partial charge in [-0.25, -0.2) is 10.1 Å². The Morgan fingerprint density at radius 3 is 2.53 bits per heavy atom. The van der Waals surface area contributed by atoms with Gasteiger partial charge in [0.15, 0.2) is 5.82 Å². The molecule has 2 aromatic rings. The molecule has 0 unspecified atom stereocenters. The molecule has 2 N–H and O–H groups in total. The van der Waals surface area contributed by atoms with E-state index in [1.807, 2.05) is 0 Å². The van der Waals surface area contributed by atoms with E-state index in [0.717, 1.165) is 44.1 Å². The summed E-state index contributed by atoms with van der Waals surface area (Å²) >= 11 is 0. The van der Waals surface area contributed by atoms with Gasteiger partial charge in [0, 0.05) is 31.9 Å². The average molecular weight is 646 g/mol. The Labute approximate surface area is 253 Å². The summed E-state index contributed by atoms with van der Waals surface area (Å²) < 4.78 is 85.9. The van der Waals surface area contributed by atoms with E-state index in [0.29, 0.717) is 0 Å². The minimum absolute atomic E-state index is 0.0225. The van der Waals surface area contributed by atoms with Crippen molar-refractivity contribution in [2.45, 2.75) is 63.5 Å². The molecule has 1 aliphatic carbocycles. The van der Waals surface area contributed by atoms with E-state index >= 15 is 0 Å². The first kappa shape index (κ1) is 32.5. The predicted molar refractivity (Wildman–Crippen MR) is 150 cm³/mol. The van der Waals surface area contributed by atoms with Crippen molar-refractivity contribution in [1.29, 1.82) is 0 Å². The van der Waals surface area contributed by atoms with Crippen LogP contribution in [0.5, 0.6) is 0 Å². The summed E-state index contributed by atoms with van der Waals surface area (Å²) in [6, 6.07) is -0.493. The molecule has 2 amide bonds. The molecule has 0 spiro atoms. The number of hydrogen-bond acceptors (Lipinski definition) is 8. The number of fused-ring (bicyclic) bond motifs is 3. The lowest BCUT2D eigenvalue weighted by Crippen LogP contribution is -2.64. The lowest BCUT2D eigenvalue weighted by Gasteiger charge is -2.47. The molecule has 2 atom stereocenters. The minimum atomic E-state index is -4.90. The van der Waals surface area contributed by atoms with Crippen molar-refractivity contribution in [3.8, 4) is 0 Å². The van der Waals surface area contributed by atoms with Gasteiger partial charge in [-0.05, 0) is 31.7 Å². The first-order valence-electron chi connectivity index (χ1n) is 14.7. The van der Waals surface area contributed by atoms with Crippen LogP contribution in [0.25, 0.3) is 0 Å². The molecule has 1 saturated heterocycles. The molecule has 0 radical (unpaired) electrons. The van der Waals surface area contributed by atoms with E-state index in [1.54, 1.807) is 10.00 Å². The van der Waals surface area contributed by atoms with E-state index in [4.69, 9.17) is 4.74 Å². The highest BCUT2D eigenvalue weighted by Crippen LogP contribution is 2.41. The Morgan fingerprint density at radius 2 is 1.84 bits per heavy atom. The fourth-order valence-electron chi connectivity index (χ4n) is 6.11. The number of anilines is 3. The normalized spacial score (nSPS) is 19.8. The van der Waals surface area contributed by atoms with Gasteiger partial charge in [-0.3, -0.25) is 14.4 Å². The van der Waals surface area contributed by atoms with Gasteiger partial charge in [-0.1, -0.05) is 12.8 Å². The molecular weight excluding hydrogens is 612 g/mol. The first-order chi connectivity index (χ1) is 21.2. The largest absolute Gasteiger partial charge is 0.423 e. The van der Waals surface area contributed by atoms with Gasteiger partial charge < -0.3 is 24.8 Å². The van der Waals surface area contributed by atoms with Gasteiger partial charge in [0.2, 0.25) is 5.91 Å². The topological polar surface area (TPSA) is 124 Å². The third-order valence-corrected chi connectivity index (χ3v) is 8.31. The van der Waals surface area contributed by atoms with Crippen LogP contribution in [-0.2, 0) is 26.7 Å². The lowest BCUT2D eigenvalue weighted by molar-refractivity contribution is -0.138. The molecule has 246 valence electrons. The van der Waals surface area contributed by atoms with Crippen LogP contribution in [0.2, 0.25) is 0 Å². The molecule has 0 bridgehead atoms. The van der Waals surface area contributed by atoms with Crippen LogP contribution in [0.1, 0.15) is 50.2 Å². The fourth-order valence-corrected chi connectivity index (χ4v) is 6.11. The summed E-state index contributed by atoms with van der Waals surface area (Å²) in [5, 5.41) is 7.72. The van der Waals surface area contributed by atoms with E-state index < -0.39 is 46.8 Å². The van der Waals surface area contributed by atoms with E-state index in [9.17, 15) is 40.7 Å². The molecule has 5 rings (SSSR count). The number of alkyl halides is 6. The van der Waals surface area contributed by atoms with E-state index in [2.05, 4.69) is 15.4 Å². The molecule has 4 heterocycles. The maximum Gasteiger partial charge on any atom is 0.423 e. The zero-order valence-corrected chi connectivity index (χ0v) is 24.4. The number of pyridine rings is 1. The monoisotopic (exact) mass is 645 g/mol. The number of hydrogen-bond donors (Lipinski definition) is 2. The predicted octanol–water partition coefficient (Wildman–Crippen LogP) is 3.66. The molecule has 45 heavy (non-hydrogen) atoms. The van der Waals surface area contributed by atoms with Crippen molar-refractivity contribution < 1.29 is 40.7 Å². The summed E-state index contributed by atoms with van der Waals surface area (Å²) in [6.07, 6.45) is -4.22. The highest BCUT2D eigenvalue weighted by atomic mass is 19.4. The second kappa shape index (κ2) is 12.8. The van der Waals surface area contributed by atoms with Crippen LogP contribution < -0.4 is 20.7 Å². The van der Waals surface area contributed by atoms with Gasteiger partial charge in [-0.15, -0.1) is 0 Å². The number of amides is 2. The average Bonchev–Trinajstić information content (AvgIpc) is 3.49. The lowest BCUT2D eigenvalue weighted by atomic mass is 10.0. The standard InChI is InChI=1S/C28H33F6N7O4/c1-16(37-19-12-36-38-25(43)23(19)28(32,33)34)15-45-9-6-22(42)39-7-8-40-21(14-39)26(44)41(13-17-4-2-3-5-17)20-10-18(27(29,30)31)11-35-24(20)40/h10-12,16-17,21H,2-9,13-15H2,1H3,(H2,37,38,43)/t16-,21+/m0/s1. The maximum absolute atomic E-state index is 13.7. The van der Waals surface area contributed by atoms with Crippen molar-refractivity contribution in [3.63, 3.8) is 0 Å². The third kappa shape index (κ3) is 7.17. The summed E-state index contributed by atoms with van der Waals surface area (Å²) in [4.78, 5) is 47.1. The molecule has 3 aliphatic rings. The second-order valence-electron chi connectivity index (χ2n) is 11.6. The number of carbonyl (C=O) groups excluding carboxylic acids is 2. The summed E-state index contributed by atoms with van der Waals surface area (Å²) in [6.45, 7) is 2.11. The van der Waals surface area contributed by atoms with E-state index in [-0.39, 0.29) is 75.1 Å². The van der Waals surface area contributed by atoms with Gasteiger partial charge in [0.25, 0.3) is 11.5 Å². The number of halogens is 6. The molecule has 11 nitrogen and oxygen atoms in total. The smallest absolute Gasteiger partial charge is 0.379 e. The van der Waals surface area contributed by atoms with Crippen molar-refractivity contribution in [2.24, 2.45) is 5.92 Å². The Kier molecular flexibility index (Phi) is 9.28. The zero-order chi connectivity index (χ0) is 32.5. The van der Waals surface area contributed by atoms with Crippen molar-refractivity contribution in [2.75, 3.05) is 54.5 Å². The van der Waals surface area contributed by atoms with Crippen LogP contribution in [0.4, 0.5) is 43.5 Å². The maximum atomic E-state index is 13.7. The van der Waals surface area contributed by atoms with Crippen molar-refractivity contribution >= 4 is 29.0 Å². The molecule has 2 fully saturated rings. The third-order valence-electron chi connectivity index (χ3n) is 8.31. The molecule has 1 saturated carbocycles. The van der Waals surface area contributed by atoms with Crippen molar-refractivity contribution in [3.05, 3.63) is 39.9 Å². The van der Waals surface area contributed by atoms with Crippen LogP contribution in [0.3, 0.4) is 0 Å². The van der Waals surface area contributed by atoms with Crippen LogP contribution in [-0.4, -0.2) is 83.4 Å². The quantitative estimate of drug-likeness (QED) is 0.313. The molecule has 2 aliphatic heterocycles. The number of piperazine rings is 1. The number of nitrogens with zero attached hydrogens (tertiary/aromatic N) is 5. The van der Waals surface area contributed by atoms with Gasteiger partial charge in [0.1, 0.15) is 11.6 Å². The van der Waals surface area contributed by atoms with Gasteiger partial charge >= 0.3 is 12.4 Å². The number of rotatable bonds is 9. The number of ether oxygens (including phenoxy) is 1. The second-order valence-corrected chi connectivity index (χ2v) is 11.6. The number of nitrogens with one attached hydrogen (secondary N) is 2. The van der Waals surface area contributed by atoms with Gasteiger partial charge in [-0.2, -0.15) is 31.4 Å². The van der Waals surface area contributed by atoms with Crippen LogP contribution in [0.15, 0.2) is 23.3 Å². The Bertz CT molecular complexity index is 1460. The fraction of sp³-hybridized carbons (Fsp3) is 0.607. The number of aromatic nitrogens is 3. The Morgan fingerprint density at radius 1 is 1.11 bits per heavy atom. The summed E-state index contributed by atoms with van der Waals surface area (Å²) in [5.41, 5.74) is -4.09. The van der Waals surface area contributed by atoms with Crippen molar-refractivity contribution in [1.82, 2.24) is 20.1 Å². The van der Waals surface area contributed by atoms with E-state index in [1.165, 1.54) is 16.7 Å². The van der Waals surface area contributed by atoms with Crippen LogP contribution in [0, 0.1) is 5.92 Å². The zero-order valence-electron chi connectivity index (χ0n) is 24.4. The highest BCUT2D eigenvalue weighted by Gasteiger charge is 2.45. The summed E-state index contributed by atoms with van der Waals surface area (Å²) in [7, 11) is 0. The van der Waals surface area contributed by atoms with Gasteiger partial charge in [0.05, 0.1) is 49.3 Å².